The summed E-state index contributed by atoms with van der Waals surface area (Å²) in [5.41, 5.74) is 1.05. The molecule has 1 unspecified atom stereocenters. The van der Waals surface area contributed by atoms with Crippen molar-refractivity contribution in [3.05, 3.63) is 24.5 Å². The third kappa shape index (κ3) is 1.50. The Morgan fingerprint density at radius 2 is 2.64 bits per heavy atom. The van der Waals surface area contributed by atoms with Crippen molar-refractivity contribution >= 4 is 6.20 Å². The van der Waals surface area contributed by atoms with E-state index in [2.05, 4.69) is 17.6 Å². The highest BCUT2D eigenvalue weighted by Crippen LogP contribution is 2.11. The highest BCUT2D eigenvalue weighted by molar-refractivity contribution is 5.24. The van der Waals surface area contributed by atoms with Crippen LogP contribution in [0.2, 0.25) is 0 Å². The fourth-order valence-corrected chi connectivity index (χ4v) is 0.772. The topological polar surface area (TPSA) is 17.8 Å². The molecule has 0 aliphatic heterocycles. The van der Waals surface area contributed by atoms with E-state index in [1.54, 1.807) is 17.1 Å². The van der Waals surface area contributed by atoms with Crippen molar-refractivity contribution in [3.63, 3.8) is 0 Å². The molecule has 0 saturated heterocycles. The van der Waals surface area contributed by atoms with Crippen molar-refractivity contribution in [2.75, 3.05) is 0 Å². The SMILES string of the molecule is C#CC(C)c1cnn(C=C)c1. The second-order valence-corrected chi connectivity index (χ2v) is 2.32. The normalized spacial score (nSPS) is 12.0. The van der Waals surface area contributed by atoms with E-state index in [1.807, 2.05) is 13.1 Å². The van der Waals surface area contributed by atoms with E-state index in [-0.39, 0.29) is 5.92 Å². The number of terminal acetylenes is 1. The van der Waals surface area contributed by atoms with Crippen LogP contribution in [0.4, 0.5) is 0 Å². The molecule has 0 bridgehead atoms. The van der Waals surface area contributed by atoms with Gasteiger partial charge in [0.25, 0.3) is 0 Å². The summed E-state index contributed by atoms with van der Waals surface area (Å²) < 4.78 is 1.64. The lowest BCUT2D eigenvalue weighted by Crippen LogP contribution is -1.85. The summed E-state index contributed by atoms with van der Waals surface area (Å²) in [4.78, 5) is 0. The highest BCUT2D eigenvalue weighted by Gasteiger charge is 2.02. The van der Waals surface area contributed by atoms with Gasteiger partial charge in [-0.3, -0.25) is 0 Å². The molecule has 0 saturated carbocycles. The quantitative estimate of drug-likeness (QED) is 0.581. The summed E-state index contributed by atoms with van der Waals surface area (Å²) in [6, 6.07) is 0. The summed E-state index contributed by atoms with van der Waals surface area (Å²) in [5, 5.41) is 4.01. The zero-order valence-electron chi connectivity index (χ0n) is 6.49. The molecule has 2 nitrogen and oxygen atoms in total. The molecule has 0 aliphatic carbocycles. The minimum atomic E-state index is 0.128. The molecule has 1 aromatic rings. The molecule has 11 heavy (non-hydrogen) atoms. The molecule has 0 aromatic carbocycles. The summed E-state index contributed by atoms with van der Waals surface area (Å²) >= 11 is 0. The number of nitrogens with zero attached hydrogens (tertiary/aromatic N) is 2. The van der Waals surface area contributed by atoms with Gasteiger partial charge in [0.2, 0.25) is 0 Å². The number of hydrogen-bond donors (Lipinski definition) is 0. The summed E-state index contributed by atoms with van der Waals surface area (Å²) in [7, 11) is 0. The molecular formula is C9H10N2. The molecule has 0 fully saturated rings. The fourth-order valence-electron chi connectivity index (χ4n) is 0.772. The Balaban J connectivity index is 2.90. The average Bonchev–Trinajstić information content (AvgIpc) is 2.50. The molecule has 0 amide bonds. The molecule has 1 aromatic heterocycles. The zero-order chi connectivity index (χ0) is 8.27. The van der Waals surface area contributed by atoms with Gasteiger partial charge in [0.1, 0.15) is 0 Å². The van der Waals surface area contributed by atoms with E-state index >= 15 is 0 Å². The third-order valence-corrected chi connectivity index (χ3v) is 1.56. The van der Waals surface area contributed by atoms with Gasteiger partial charge in [-0.2, -0.15) is 5.10 Å². The molecule has 56 valence electrons. The smallest absolute Gasteiger partial charge is 0.0538 e. The van der Waals surface area contributed by atoms with Crippen LogP contribution in [0.3, 0.4) is 0 Å². The van der Waals surface area contributed by atoms with Crippen molar-refractivity contribution in [1.82, 2.24) is 9.78 Å². The Kier molecular flexibility index (Phi) is 2.12. The van der Waals surface area contributed by atoms with Crippen molar-refractivity contribution < 1.29 is 0 Å². The Hall–Kier alpha value is -1.49. The molecule has 0 aliphatic rings. The first-order valence-corrected chi connectivity index (χ1v) is 3.40. The molecule has 1 rings (SSSR count). The summed E-state index contributed by atoms with van der Waals surface area (Å²) in [6.45, 7) is 5.54. The molecule has 1 heterocycles. The lowest BCUT2D eigenvalue weighted by molar-refractivity contribution is 0.935. The summed E-state index contributed by atoms with van der Waals surface area (Å²) in [6.07, 6.45) is 10.5. The number of rotatable bonds is 2. The van der Waals surface area contributed by atoms with E-state index in [0.29, 0.717) is 0 Å². The first kappa shape index (κ1) is 7.62. The molecular weight excluding hydrogens is 136 g/mol. The lowest BCUT2D eigenvalue weighted by Gasteiger charge is -1.95. The van der Waals surface area contributed by atoms with E-state index < -0.39 is 0 Å². The van der Waals surface area contributed by atoms with Crippen LogP contribution in [0.15, 0.2) is 19.0 Å². The maximum atomic E-state index is 5.24. The van der Waals surface area contributed by atoms with Gasteiger partial charge in [0.15, 0.2) is 0 Å². The molecule has 1 atom stereocenters. The van der Waals surface area contributed by atoms with Crippen LogP contribution in [-0.2, 0) is 0 Å². The fraction of sp³-hybridized carbons (Fsp3) is 0.222. The summed E-state index contributed by atoms with van der Waals surface area (Å²) in [5.74, 6) is 2.76. The van der Waals surface area contributed by atoms with Gasteiger partial charge in [-0.15, -0.1) is 6.42 Å². The Labute approximate surface area is 66.5 Å². The second kappa shape index (κ2) is 3.07. The predicted octanol–water partition coefficient (Wildman–Crippen LogP) is 1.72. The molecule has 0 spiro atoms. The number of aromatic nitrogens is 2. The Bertz CT molecular complexity index is 291. The minimum Gasteiger partial charge on any atom is -0.249 e. The van der Waals surface area contributed by atoms with Crippen LogP contribution in [-0.4, -0.2) is 9.78 Å². The van der Waals surface area contributed by atoms with Crippen molar-refractivity contribution in [1.29, 1.82) is 0 Å². The average molecular weight is 146 g/mol. The van der Waals surface area contributed by atoms with Crippen LogP contribution >= 0.6 is 0 Å². The third-order valence-electron chi connectivity index (χ3n) is 1.56. The van der Waals surface area contributed by atoms with Crippen LogP contribution in [0.1, 0.15) is 18.4 Å². The van der Waals surface area contributed by atoms with Gasteiger partial charge in [-0.1, -0.05) is 12.5 Å². The van der Waals surface area contributed by atoms with Crippen LogP contribution in [0.5, 0.6) is 0 Å². The van der Waals surface area contributed by atoms with Crippen molar-refractivity contribution in [2.24, 2.45) is 0 Å². The maximum absolute atomic E-state index is 5.24. The van der Waals surface area contributed by atoms with Gasteiger partial charge >= 0.3 is 0 Å². The predicted molar refractivity (Wildman–Crippen MR) is 45.9 cm³/mol. The van der Waals surface area contributed by atoms with E-state index in [4.69, 9.17) is 6.42 Å². The number of hydrogen-bond acceptors (Lipinski definition) is 1. The van der Waals surface area contributed by atoms with Gasteiger partial charge in [-0.25, -0.2) is 4.68 Å². The Morgan fingerprint density at radius 1 is 1.91 bits per heavy atom. The van der Waals surface area contributed by atoms with Crippen molar-refractivity contribution in [3.8, 4) is 12.3 Å². The maximum Gasteiger partial charge on any atom is 0.0538 e. The molecule has 2 heteroatoms. The van der Waals surface area contributed by atoms with E-state index in [1.165, 1.54) is 0 Å². The molecule has 0 N–H and O–H groups in total. The molecule has 0 radical (unpaired) electrons. The van der Waals surface area contributed by atoms with Crippen LogP contribution in [0, 0.1) is 12.3 Å². The second-order valence-electron chi connectivity index (χ2n) is 2.32. The van der Waals surface area contributed by atoms with Crippen LogP contribution < -0.4 is 0 Å². The van der Waals surface area contributed by atoms with Gasteiger partial charge in [0, 0.05) is 23.9 Å². The standard InChI is InChI=1S/C9H10N2/c1-4-8(3)9-6-10-11(5-2)7-9/h1,5-8H,2H2,3H3. The van der Waals surface area contributed by atoms with E-state index in [9.17, 15) is 0 Å². The van der Waals surface area contributed by atoms with Gasteiger partial charge in [-0.05, 0) is 6.92 Å². The largest absolute Gasteiger partial charge is 0.249 e. The van der Waals surface area contributed by atoms with Crippen LogP contribution in [0.25, 0.3) is 6.20 Å². The zero-order valence-corrected chi connectivity index (χ0v) is 6.49. The minimum absolute atomic E-state index is 0.128. The monoisotopic (exact) mass is 146 g/mol. The first-order valence-electron chi connectivity index (χ1n) is 3.40. The first-order chi connectivity index (χ1) is 5.27. The highest BCUT2D eigenvalue weighted by atomic mass is 15.2. The van der Waals surface area contributed by atoms with Crippen molar-refractivity contribution in [2.45, 2.75) is 12.8 Å². The van der Waals surface area contributed by atoms with Gasteiger partial charge < -0.3 is 0 Å². The van der Waals surface area contributed by atoms with E-state index in [0.717, 1.165) is 5.56 Å². The Morgan fingerprint density at radius 3 is 3.09 bits per heavy atom. The lowest BCUT2D eigenvalue weighted by atomic mass is 10.1. The van der Waals surface area contributed by atoms with Gasteiger partial charge in [0.05, 0.1) is 6.20 Å².